The molecule has 1 N–H and O–H groups in total. The summed E-state index contributed by atoms with van der Waals surface area (Å²) in [5.41, 5.74) is -0.156. The van der Waals surface area contributed by atoms with Crippen LogP contribution in [0.4, 0.5) is 11.4 Å². The molecule has 0 saturated heterocycles. The molecular formula is C11H4BrN5O2. The Kier molecular flexibility index (Phi) is 4.59. The van der Waals surface area contributed by atoms with Crippen molar-refractivity contribution in [3.05, 3.63) is 44.1 Å². The highest BCUT2D eigenvalue weighted by Crippen LogP contribution is 2.31. The molecular weight excluding hydrogens is 314 g/mol. The first-order valence-electron chi connectivity index (χ1n) is 4.68. The zero-order valence-electron chi connectivity index (χ0n) is 9.22. The van der Waals surface area contributed by atoms with Gasteiger partial charge in [-0.2, -0.15) is 15.8 Å². The van der Waals surface area contributed by atoms with Gasteiger partial charge in [-0.3, -0.25) is 10.1 Å². The average molecular weight is 318 g/mol. The monoisotopic (exact) mass is 317 g/mol. The van der Waals surface area contributed by atoms with Crippen molar-refractivity contribution in [3.8, 4) is 18.2 Å². The minimum Gasteiger partial charge on any atom is -0.358 e. The lowest BCUT2D eigenvalue weighted by Crippen LogP contribution is -1.97. The van der Waals surface area contributed by atoms with E-state index in [-0.39, 0.29) is 27.0 Å². The first kappa shape index (κ1) is 14.2. The number of nitro groups is 1. The van der Waals surface area contributed by atoms with Crippen LogP contribution in [0.3, 0.4) is 0 Å². The first-order chi connectivity index (χ1) is 9.03. The predicted octanol–water partition coefficient (Wildman–Crippen LogP) is 2.57. The van der Waals surface area contributed by atoms with Gasteiger partial charge in [0.25, 0.3) is 5.69 Å². The van der Waals surface area contributed by atoms with Gasteiger partial charge in [-0.05, 0) is 15.9 Å². The molecule has 1 aromatic rings. The van der Waals surface area contributed by atoms with Crippen LogP contribution in [0.5, 0.6) is 0 Å². The van der Waals surface area contributed by atoms with E-state index in [2.05, 4.69) is 21.2 Å². The van der Waals surface area contributed by atoms with Gasteiger partial charge in [0.2, 0.25) is 0 Å². The minimum atomic E-state index is -0.624. The van der Waals surface area contributed by atoms with E-state index in [4.69, 9.17) is 15.8 Å². The van der Waals surface area contributed by atoms with Gasteiger partial charge in [0, 0.05) is 22.8 Å². The standard InChI is InChI=1S/C11H4BrN5O2/c12-10-2-9(17(18)19)1-8(5-15)11(10)16-6-7(3-13)4-14/h1-2,6,16H. The maximum atomic E-state index is 10.6. The first-order valence-corrected chi connectivity index (χ1v) is 5.47. The number of anilines is 1. The van der Waals surface area contributed by atoms with Crippen LogP contribution in [-0.4, -0.2) is 4.92 Å². The van der Waals surface area contributed by atoms with Gasteiger partial charge < -0.3 is 5.32 Å². The summed E-state index contributed by atoms with van der Waals surface area (Å²) < 4.78 is 0.282. The lowest BCUT2D eigenvalue weighted by molar-refractivity contribution is -0.384. The van der Waals surface area contributed by atoms with Crippen molar-refractivity contribution < 1.29 is 4.92 Å². The Morgan fingerprint density at radius 3 is 2.47 bits per heavy atom. The third-order valence-electron chi connectivity index (χ3n) is 2.01. The van der Waals surface area contributed by atoms with Crippen LogP contribution >= 0.6 is 15.9 Å². The molecule has 0 aromatic heterocycles. The number of hydrogen-bond donors (Lipinski definition) is 1. The summed E-state index contributed by atoms with van der Waals surface area (Å²) in [6, 6.07) is 7.39. The third kappa shape index (κ3) is 3.29. The summed E-state index contributed by atoms with van der Waals surface area (Å²) in [6.45, 7) is 0. The molecule has 19 heavy (non-hydrogen) atoms. The molecule has 92 valence electrons. The largest absolute Gasteiger partial charge is 0.358 e. The fourth-order valence-electron chi connectivity index (χ4n) is 1.17. The zero-order valence-corrected chi connectivity index (χ0v) is 10.8. The van der Waals surface area contributed by atoms with Crippen LogP contribution < -0.4 is 5.32 Å². The van der Waals surface area contributed by atoms with Crippen LogP contribution in [0.1, 0.15) is 5.56 Å². The Morgan fingerprint density at radius 1 is 1.37 bits per heavy atom. The summed E-state index contributed by atoms with van der Waals surface area (Å²) in [5, 5.41) is 39.3. The molecule has 0 fully saturated rings. The summed E-state index contributed by atoms with van der Waals surface area (Å²) in [7, 11) is 0. The molecule has 0 atom stereocenters. The number of nitrogens with one attached hydrogen (secondary N) is 1. The highest BCUT2D eigenvalue weighted by atomic mass is 79.9. The van der Waals surface area contributed by atoms with Crippen LogP contribution in [0.15, 0.2) is 28.4 Å². The van der Waals surface area contributed by atoms with E-state index in [0.717, 1.165) is 12.3 Å². The molecule has 1 rings (SSSR count). The predicted molar refractivity (Wildman–Crippen MR) is 68.4 cm³/mol. The van der Waals surface area contributed by atoms with E-state index in [0.29, 0.717) is 0 Å². The molecule has 0 aliphatic rings. The molecule has 0 aliphatic heterocycles. The number of hydrogen-bond acceptors (Lipinski definition) is 6. The minimum absolute atomic E-state index is 0.0209. The molecule has 1 aromatic carbocycles. The molecule has 0 aliphatic carbocycles. The van der Waals surface area contributed by atoms with Crippen LogP contribution in [-0.2, 0) is 0 Å². The second-order valence-electron chi connectivity index (χ2n) is 3.15. The van der Waals surface area contributed by atoms with Gasteiger partial charge >= 0.3 is 0 Å². The van der Waals surface area contributed by atoms with Gasteiger partial charge in [0.1, 0.15) is 23.8 Å². The van der Waals surface area contributed by atoms with E-state index < -0.39 is 4.92 Å². The van der Waals surface area contributed by atoms with Crippen molar-refractivity contribution >= 4 is 27.3 Å². The summed E-state index contributed by atoms with van der Waals surface area (Å²) in [5.74, 6) is 0. The van der Waals surface area contributed by atoms with Crippen LogP contribution in [0.2, 0.25) is 0 Å². The van der Waals surface area contributed by atoms with Gasteiger partial charge in [-0.1, -0.05) is 0 Å². The Labute approximate surface area is 116 Å². The Morgan fingerprint density at radius 2 is 2.00 bits per heavy atom. The van der Waals surface area contributed by atoms with Crippen molar-refractivity contribution in [2.75, 3.05) is 5.32 Å². The Hall–Kier alpha value is -2.89. The highest BCUT2D eigenvalue weighted by Gasteiger charge is 2.14. The number of allylic oxidation sites excluding steroid dienone is 1. The Bertz CT molecular complexity index is 675. The molecule has 8 heteroatoms. The molecule has 0 amide bonds. The van der Waals surface area contributed by atoms with Gasteiger partial charge in [0.15, 0.2) is 0 Å². The fraction of sp³-hybridized carbons (Fsp3) is 0. The molecule has 0 bridgehead atoms. The van der Waals surface area contributed by atoms with Crippen LogP contribution in [0.25, 0.3) is 0 Å². The van der Waals surface area contributed by atoms with Crippen molar-refractivity contribution in [2.24, 2.45) is 0 Å². The lowest BCUT2D eigenvalue weighted by atomic mass is 10.1. The van der Waals surface area contributed by atoms with Gasteiger partial charge in [0.05, 0.1) is 16.2 Å². The second-order valence-corrected chi connectivity index (χ2v) is 4.00. The van der Waals surface area contributed by atoms with Crippen LogP contribution in [0, 0.1) is 44.1 Å². The number of nitrogens with zero attached hydrogens (tertiary/aromatic N) is 4. The molecule has 0 unspecified atom stereocenters. The summed E-state index contributed by atoms with van der Waals surface area (Å²) >= 11 is 3.09. The molecule has 7 nitrogen and oxygen atoms in total. The van der Waals surface area contributed by atoms with Crippen molar-refractivity contribution in [1.29, 1.82) is 15.8 Å². The van der Waals surface area contributed by atoms with E-state index in [1.54, 1.807) is 18.2 Å². The third-order valence-corrected chi connectivity index (χ3v) is 2.63. The van der Waals surface area contributed by atoms with Crippen molar-refractivity contribution in [2.45, 2.75) is 0 Å². The van der Waals surface area contributed by atoms with Crippen molar-refractivity contribution in [1.82, 2.24) is 0 Å². The smallest absolute Gasteiger partial charge is 0.272 e. The van der Waals surface area contributed by atoms with E-state index in [1.807, 2.05) is 0 Å². The zero-order chi connectivity index (χ0) is 14.4. The molecule has 0 radical (unpaired) electrons. The number of benzene rings is 1. The second kappa shape index (κ2) is 6.15. The van der Waals surface area contributed by atoms with E-state index in [1.165, 1.54) is 6.07 Å². The average Bonchev–Trinajstić information content (AvgIpc) is 2.40. The van der Waals surface area contributed by atoms with Gasteiger partial charge in [-0.25, -0.2) is 0 Å². The summed E-state index contributed by atoms with van der Waals surface area (Å²) in [6.07, 6.45) is 1.12. The Balaban J connectivity index is 3.28. The SMILES string of the molecule is N#CC(C#N)=CNc1c(Br)cc([N+](=O)[O-])cc1C#N. The highest BCUT2D eigenvalue weighted by molar-refractivity contribution is 9.10. The molecule has 0 spiro atoms. The van der Waals surface area contributed by atoms with E-state index in [9.17, 15) is 10.1 Å². The molecule has 0 saturated carbocycles. The number of nitro benzene ring substituents is 1. The maximum Gasteiger partial charge on any atom is 0.272 e. The number of nitriles is 3. The molecule has 0 heterocycles. The van der Waals surface area contributed by atoms with Gasteiger partial charge in [-0.15, -0.1) is 0 Å². The van der Waals surface area contributed by atoms with Crippen molar-refractivity contribution in [3.63, 3.8) is 0 Å². The maximum absolute atomic E-state index is 10.6. The lowest BCUT2D eigenvalue weighted by Gasteiger charge is -2.06. The van der Waals surface area contributed by atoms with E-state index >= 15 is 0 Å². The number of non-ortho nitro benzene ring substituents is 1. The number of halogens is 1. The number of rotatable bonds is 3. The topological polar surface area (TPSA) is 127 Å². The normalized spacial score (nSPS) is 8.53. The fourth-order valence-corrected chi connectivity index (χ4v) is 1.73. The quantitative estimate of drug-likeness (QED) is 0.518. The summed E-state index contributed by atoms with van der Waals surface area (Å²) in [4.78, 5) is 10.0.